The third-order valence-electron chi connectivity index (χ3n) is 2.64. The number of β-amino-alcohol motifs (C(OH)–C–C–N with tert-alkyl or cyclic N) is 1. The van der Waals surface area contributed by atoms with E-state index in [2.05, 4.69) is 5.32 Å². The van der Waals surface area contributed by atoms with Gasteiger partial charge in [-0.3, -0.25) is 0 Å². The molecule has 0 aromatic heterocycles. The minimum absolute atomic E-state index is 0. The van der Waals surface area contributed by atoms with E-state index in [4.69, 9.17) is 14.2 Å². The molecule has 0 bridgehead atoms. The fraction of sp³-hybridized carbons (Fsp3) is 0.600. The van der Waals surface area contributed by atoms with Crippen LogP contribution in [0.15, 0.2) is 18.2 Å². The molecule has 2 N–H and O–H groups in total. The van der Waals surface area contributed by atoms with Crippen molar-refractivity contribution in [2.24, 2.45) is 0 Å². The van der Waals surface area contributed by atoms with Crippen LogP contribution in [0.25, 0.3) is 0 Å². The summed E-state index contributed by atoms with van der Waals surface area (Å²) in [6, 6.07) is 5.28. The summed E-state index contributed by atoms with van der Waals surface area (Å²) in [6.07, 6.45) is -0.577. The second kappa shape index (κ2) is 8.97. The molecule has 5 nitrogen and oxygen atoms in total. The lowest BCUT2D eigenvalue weighted by atomic mass is 10.1. The molecule has 0 saturated carbocycles. The highest BCUT2D eigenvalue weighted by molar-refractivity contribution is 5.85. The molecule has 0 heterocycles. The lowest BCUT2D eigenvalue weighted by molar-refractivity contribution is 0.0998. The summed E-state index contributed by atoms with van der Waals surface area (Å²) in [4.78, 5) is 0. The number of nitrogens with one attached hydrogen (secondary N) is 1. The van der Waals surface area contributed by atoms with Gasteiger partial charge >= 0.3 is 0 Å². The van der Waals surface area contributed by atoms with Gasteiger partial charge in [0.1, 0.15) is 30.0 Å². The Hall–Kier alpha value is -1.17. The van der Waals surface area contributed by atoms with Crippen molar-refractivity contribution < 1.29 is 19.3 Å². The van der Waals surface area contributed by atoms with Crippen LogP contribution in [0.4, 0.5) is 0 Å². The number of halogens is 1. The molecule has 0 fully saturated rings. The fourth-order valence-electron chi connectivity index (χ4n) is 1.54. The van der Waals surface area contributed by atoms with Gasteiger partial charge in [0.05, 0.1) is 14.2 Å². The highest BCUT2D eigenvalue weighted by Gasteiger charge is 2.13. The average Bonchev–Trinajstić information content (AvgIpc) is 2.41. The zero-order valence-electron chi connectivity index (χ0n) is 13.3. The number of aliphatic hydroxyl groups excluding tert-OH is 1. The summed E-state index contributed by atoms with van der Waals surface area (Å²) in [6.45, 7) is 6.83. The fourth-order valence-corrected chi connectivity index (χ4v) is 1.54. The van der Waals surface area contributed by atoms with Crippen molar-refractivity contribution in [3.05, 3.63) is 18.2 Å². The van der Waals surface area contributed by atoms with Gasteiger partial charge in [-0.15, -0.1) is 12.4 Å². The third-order valence-corrected chi connectivity index (χ3v) is 2.64. The van der Waals surface area contributed by atoms with Crippen molar-refractivity contribution in [2.75, 3.05) is 27.4 Å². The Balaban J connectivity index is 0.00000400. The maximum Gasteiger partial charge on any atom is 0.126 e. The summed E-state index contributed by atoms with van der Waals surface area (Å²) in [5.74, 6) is 1.92. The van der Waals surface area contributed by atoms with Crippen LogP contribution in [0.2, 0.25) is 0 Å². The van der Waals surface area contributed by atoms with Crippen molar-refractivity contribution in [2.45, 2.75) is 32.4 Å². The summed E-state index contributed by atoms with van der Waals surface area (Å²) in [7, 11) is 3.17. The summed E-state index contributed by atoms with van der Waals surface area (Å²) in [5, 5.41) is 13.1. The van der Waals surface area contributed by atoms with E-state index in [0.29, 0.717) is 23.8 Å². The van der Waals surface area contributed by atoms with Crippen LogP contribution < -0.4 is 19.5 Å². The zero-order valence-corrected chi connectivity index (χ0v) is 14.1. The topological polar surface area (TPSA) is 60.0 Å². The Labute approximate surface area is 133 Å². The number of benzene rings is 1. The van der Waals surface area contributed by atoms with Gasteiger partial charge in [-0.25, -0.2) is 0 Å². The van der Waals surface area contributed by atoms with Gasteiger partial charge in [0.15, 0.2) is 0 Å². The second-order valence-electron chi connectivity index (χ2n) is 5.64. The Bertz CT molecular complexity index is 398. The quantitative estimate of drug-likeness (QED) is 0.807. The van der Waals surface area contributed by atoms with Crippen LogP contribution in [0.3, 0.4) is 0 Å². The largest absolute Gasteiger partial charge is 0.496 e. The molecule has 0 aliphatic carbocycles. The maximum absolute atomic E-state index is 9.88. The molecule has 0 amide bonds. The van der Waals surface area contributed by atoms with Crippen LogP contribution in [0.1, 0.15) is 20.8 Å². The first-order valence-electron chi connectivity index (χ1n) is 6.63. The molecule has 0 radical (unpaired) electrons. The molecule has 0 saturated heterocycles. The molecule has 1 aromatic carbocycles. The minimum atomic E-state index is -0.577. The molecular weight excluding hydrogens is 294 g/mol. The van der Waals surface area contributed by atoms with Gasteiger partial charge in [0, 0.05) is 30.3 Å². The van der Waals surface area contributed by atoms with Crippen LogP contribution in [-0.4, -0.2) is 44.1 Å². The normalized spacial score (nSPS) is 12.3. The van der Waals surface area contributed by atoms with E-state index in [-0.39, 0.29) is 24.6 Å². The van der Waals surface area contributed by atoms with Crippen molar-refractivity contribution >= 4 is 12.4 Å². The Morgan fingerprint density at radius 2 is 1.52 bits per heavy atom. The smallest absolute Gasteiger partial charge is 0.126 e. The average molecular weight is 320 g/mol. The van der Waals surface area contributed by atoms with Crippen molar-refractivity contribution in [3.63, 3.8) is 0 Å². The Kier molecular flexibility index (Phi) is 8.47. The lowest BCUT2D eigenvalue weighted by Crippen LogP contribution is -2.42. The number of rotatable bonds is 7. The van der Waals surface area contributed by atoms with Crippen molar-refractivity contribution in [1.29, 1.82) is 0 Å². The Morgan fingerprint density at radius 1 is 1.05 bits per heavy atom. The van der Waals surface area contributed by atoms with Crippen LogP contribution in [0, 0.1) is 0 Å². The van der Waals surface area contributed by atoms with Gasteiger partial charge in [0.25, 0.3) is 0 Å². The molecule has 1 aromatic rings. The van der Waals surface area contributed by atoms with Gasteiger partial charge in [-0.05, 0) is 20.8 Å². The first kappa shape index (κ1) is 19.8. The number of aliphatic hydroxyl groups is 1. The van der Waals surface area contributed by atoms with Crippen molar-refractivity contribution in [3.8, 4) is 17.2 Å². The van der Waals surface area contributed by atoms with E-state index in [9.17, 15) is 5.11 Å². The van der Waals surface area contributed by atoms with Crippen LogP contribution in [-0.2, 0) is 0 Å². The van der Waals surface area contributed by atoms with E-state index in [1.54, 1.807) is 32.4 Å². The molecule has 6 heteroatoms. The van der Waals surface area contributed by atoms with Gasteiger partial charge in [-0.2, -0.15) is 0 Å². The summed E-state index contributed by atoms with van der Waals surface area (Å²) in [5.41, 5.74) is -0.0276. The van der Waals surface area contributed by atoms with E-state index >= 15 is 0 Å². The molecule has 0 aliphatic heterocycles. The molecule has 1 unspecified atom stereocenters. The molecular formula is C15H26ClNO4. The second-order valence-corrected chi connectivity index (χ2v) is 5.64. The van der Waals surface area contributed by atoms with E-state index < -0.39 is 6.10 Å². The molecule has 21 heavy (non-hydrogen) atoms. The molecule has 1 atom stereocenters. The first-order chi connectivity index (χ1) is 9.34. The number of methoxy groups -OCH3 is 2. The minimum Gasteiger partial charge on any atom is -0.496 e. The highest BCUT2D eigenvalue weighted by Crippen LogP contribution is 2.27. The van der Waals surface area contributed by atoms with Crippen LogP contribution in [0.5, 0.6) is 17.2 Å². The summed E-state index contributed by atoms with van der Waals surface area (Å²) >= 11 is 0. The van der Waals surface area contributed by atoms with Crippen molar-refractivity contribution in [1.82, 2.24) is 5.32 Å². The molecule has 0 spiro atoms. The molecule has 122 valence electrons. The highest BCUT2D eigenvalue weighted by atomic mass is 35.5. The maximum atomic E-state index is 9.88. The lowest BCUT2D eigenvalue weighted by Gasteiger charge is -2.23. The van der Waals surface area contributed by atoms with Gasteiger partial charge in [0.2, 0.25) is 0 Å². The monoisotopic (exact) mass is 319 g/mol. The third kappa shape index (κ3) is 7.99. The predicted molar refractivity (Wildman–Crippen MR) is 86.1 cm³/mol. The zero-order chi connectivity index (χ0) is 15.2. The van der Waals surface area contributed by atoms with Crippen LogP contribution >= 0.6 is 12.4 Å². The number of ether oxygens (including phenoxy) is 3. The SMILES string of the molecule is COc1cc(OC)cc(OCC(O)CNC(C)(C)C)c1.Cl. The predicted octanol–water partition coefficient (Wildman–Crippen LogP) is 2.25. The first-order valence-corrected chi connectivity index (χ1v) is 6.63. The summed E-state index contributed by atoms with van der Waals surface area (Å²) < 4.78 is 15.9. The molecule has 0 aliphatic rings. The van der Waals surface area contributed by atoms with E-state index in [1.807, 2.05) is 20.8 Å². The van der Waals surface area contributed by atoms with Gasteiger partial charge < -0.3 is 24.6 Å². The van der Waals surface area contributed by atoms with E-state index in [1.165, 1.54) is 0 Å². The number of hydrogen-bond donors (Lipinski definition) is 2. The van der Waals surface area contributed by atoms with E-state index in [0.717, 1.165) is 0 Å². The molecule has 1 rings (SSSR count). The van der Waals surface area contributed by atoms with Gasteiger partial charge in [-0.1, -0.05) is 0 Å². The standard InChI is InChI=1S/C15H25NO4.ClH/c1-15(2,3)16-9-11(17)10-20-14-7-12(18-4)6-13(8-14)19-5;/h6-8,11,16-17H,9-10H2,1-5H3;1H. The number of hydrogen-bond acceptors (Lipinski definition) is 5. The Morgan fingerprint density at radius 3 is 1.95 bits per heavy atom.